The number of aromatic hydroxyl groups is 1. The quantitative estimate of drug-likeness (QED) is 0.626. The van der Waals surface area contributed by atoms with E-state index in [1.54, 1.807) is 0 Å². The van der Waals surface area contributed by atoms with Crippen LogP contribution in [0.2, 0.25) is 0 Å². The van der Waals surface area contributed by atoms with Crippen LogP contribution in [0.1, 0.15) is 17.0 Å². The lowest BCUT2D eigenvalue weighted by atomic mass is 9.76. The molecule has 2 aromatic heterocycles. The van der Waals surface area contributed by atoms with E-state index in [1.165, 1.54) is 38.4 Å². The van der Waals surface area contributed by atoms with Crippen molar-refractivity contribution in [3.63, 3.8) is 0 Å². The van der Waals surface area contributed by atoms with Crippen molar-refractivity contribution in [2.75, 3.05) is 13.6 Å². The van der Waals surface area contributed by atoms with Gasteiger partial charge in [-0.3, -0.25) is 14.5 Å². The van der Waals surface area contributed by atoms with Gasteiger partial charge in [0.2, 0.25) is 5.88 Å². The predicted octanol–water partition coefficient (Wildman–Crippen LogP) is 1.94. The first-order valence-corrected chi connectivity index (χ1v) is 8.57. The number of aromatic nitrogens is 3. The highest BCUT2D eigenvalue weighted by molar-refractivity contribution is 5.88. The van der Waals surface area contributed by atoms with Crippen LogP contribution in [0, 0.1) is 0 Å². The summed E-state index contributed by atoms with van der Waals surface area (Å²) in [5.74, 6) is 0.232. The second-order valence-electron chi connectivity index (χ2n) is 7.19. The molecule has 0 bridgehead atoms. The number of H-pyrrole nitrogens is 2. The molecule has 5 rings (SSSR count). The van der Waals surface area contributed by atoms with Gasteiger partial charge in [0, 0.05) is 42.1 Å². The van der Waals surface area contributed by atoms with Crippen molar-refractivity contribution in [2.24, 2.45) is 0 Å². The Kier molecular flexibility index (Phi) is 3.00. The van der Waals surface area contributed by atoms with E-state index in [0.717, 1.165) is 13.0 Å². The minimum Gasteiger partial charge on any atom is -0.493 e. The van der Waals surface area contributed by atoms with Crippen molar-refractivity contribution in [3.8, 4) is 5.88 Å². The average molecular weight is 336 g/mol. The minimum absolute atomic E-state index is 0.0907. The van der Waals surface area contributed by atoms with Gasteiger partial charge in [-0.25, -0.2) is 4.79 Å². The second kappa shape index (κ2) is 5.13. The average Bonchev–Trinajstić information content (AvgIpc) is 3.13. The molecule has 0 saturated heterocycles. The summed E-state index contributed by atoms with van der Waals surface area (Å²) in [6, 6.07) is 6.89. The zero-order valence-corrected chi connectivity index (χ0v) is 14.0. The van der Waals surface area contributed by atoms with Crippen molar-refractivity contribution in [2.45, 2.75) is 24.9 Å². The first-order valence-electron chi connectivity index (χ1n) is 8.57. The lowest BCUT2D eigenvalue weighted by molar-refractivity contribution is 0.221. The zero-order chi connectivity index (χ0) is 17.1. The Morgan fingerprint density at radius 1 is 1.36 bits per heavy atom. The molecule has 6 nitrogen and oxygen atoms in total. The molecule has 3 N–H and O–H groups in total. The Morgan fingerprint density at radius 2 is 2.24 bits per heavy atom. The second-order valence-corrected chi connectivity index (χ2v) is 7.19. The van der Waals surface area contributed by atoms with Crippen molar-refractivity contribution in [1.82, 2.24) is 19.4 Å². The molecule has 6 heteroatoms. The van der Waals surface area contributed by atoms with Gasteiger partial charge >= 0.3 is 5.69 Å². The van der Waals surface area contributed by atoms with Crippen molar-refractivity contribution >= 4 is 10.9 Å². The Morgan fingerprint density at radius 3 is 3.04 bits per heavy atom. The summed E-state index contributed by atoms with van der Waals surface area (Å²) in [5.41, 5.74) is 4.87. The van der Waals surface area contributed by atoms with Crippen LogP contribution in [0.25, 0.3) is 10.9 Å². The molecule has 1 aliphatic heterocycles. The molecule has 0 radical (unpaired) electrons. The third-order valence-corrected chi connectivity index (χ3v) is 5.60. The molecule has 0 amide bonds. The van der Waals surface area contributed by atoms with Crippen LogP contribution in [0.15, 0.2) is 47.0 Å². The molecule has 2 atom stereocenters. The van der Waals surface area contributed by atoms with E-state index in [1.807, 2.05) is 0 Å². The number of hydrogen-bond donors (Lipinski definition) is 3. The highest BCUT2D eigenvalue weighted by atomic mass is 16.3. The number of nitrogens with one attached hydrogen (secondary N) is 2. The molecule has 3 heterocycles. The fourth-order valence-electron chi connectivity index (χ4n) is 4.52. The summed E-state index contributed by atoms with van der Waals surface area (Å²) in [4.78, 5) is 20.0. The molecular weight excluding hydrogens is 316 g/mol. The van der Waals surface area contributed by atoms with E-state index >= 15 is 0 Å². The van der Waals surface area contributed by atoms with Crippen LogP contribution in [0.5, 0.6) is 5.88 Å². The van der Waals surface area contributed by atoms with Crippen molar-refractivity contribution in [3.05, 3.63) is 63.9 Å². The monoisotopic (exact) mass is 336 g/mol. The fraction of sp³-hybridized carbons (Fsp3) is 0.316. The molecule has 0 spiro atoms. The number of aromatic amines is 2. The number of likely N-dealkylation sites (N-methyl/N-ethyl adjacent to an activating group) is 1. The lowest BCUT2D eigenvalue weighted by Gasteiger charge is -2.41. The first-order chi connectivity index (χ1) is 12.1. The van der Waals surface area contributed by atoms with Crippen LogP contribution in [0.3, 0.4) is 0 Å². The third-order valence-electron chi connectivity index (χ3n) is 5.60. The molecule has 3 aromatic rings. The van der Waals surface area contributed by atoms with Gasteiger partial charge in [-0.15, -0.1) is 0 Å². The van der Waals surface area contributed by atoms with E-state index in [-0.39, 0.29) is 11.6 Å². The van der Waals surface area contributed by atoms with E-state index < -0.39 is 0 Å². The van der Waals surface area contributed by atoms with Gasteiger partial charge in [0.1, 0.15) is 0 Å². The molecule has 1 aromatic carbocycles. The summed E-state index contributed by atoms with van der Waals surface area (Å²) in [5, 5.41) is 10.8. The maximum Gasteiger partial charge on any atom is 0.328 e. The first kappa shape index (κ1) is 14.6. The van der Waals surface area contributed by atoms with Gasteiger partial charge in [0.25, 0.3) is 0 Å². The van der Waals surface area contributed by atoms with Crippen molar-refractivity contribution < 1.29 is 5.11 Å². The number of rotatable bonds is 2. The van der Waals surface area contributed by atoms with Gasteiger partial charge in [0.15, 0.2) is 0 Å². The molecule has 1 aliphatic carbocycles. The number of fused-ring (bicyclic) bond motifs is 2. The summed E-state index contributed by atoms with van der Waals surface area (Å²) >= 11 is 0. The summed E-state index contributed by atoms with van der Waals surface area (Å²) < 4.78 is 1.53. The lowest BCUT2D eigenvalue weighted by Crippen LogP contribution is -2.44. The Labute approximate surface area is 144 Å². The van der Waals surface area contributed by atoms with Crippen LogP contribution in [-0.2, 0) is 13.0 Å². The summed E-state index contributed by atoms with van der Waals surface area (Å²) in [6.45, 7) is 1.33. The predicted molar refractivity (Wildman–Crippen MR) is 96.0 cm³/mol. The maximum absolute atomic E-state index is 11.9. The zero-order valence-electron chi connectivity index (χ0n) is 14.0. The van der Waals surface area contributed by atoms with Crippen LogP contribution >= 0.6 is 0 Å². The van der Waals surface area contributed by atoms with E-state index in [4.69, 9.17) is 0 Å². The van der Waals surface area contributed by atoms with Gasteiger partial charge in [0.05, 0.1) is 6.20 Å². The van der Waals surface area contributed by atoms with Gasteiger partial charge in [-0.2, -0.15) is 0 Å². The normalized spacial score (nSPS) is 22.8. The standard InChI is InChI=1S/C19H20N4O2/c1-22-8-11(9-23-10-17(24)21-19(23)25)5-14-13-3-2-4-15-18(13)12(7-20-15)6-16(14)22/h2-5,7,10,14,16,20,24H,6,8-9H2,1H3,(H,21,25)/t14-,16-/m1/s1. The molecule has 25 heavy (non-hydrogen) atoms. The summed E-state index contributed by atoms with van der Waals surface area (Å²) in [6.07, 6.45) is 6.96. The van der Waals surface area contributed by atoms with Crippen LogP contribution in [-0.4, -0.2) is 44.2 Å². The molecule has 0 fully saturated rings. The summed E-state index contributed by atoms with van der Waals surface area (Å²) in [7, 11) is 2.15. The van der Waals surface area contributed by atoms with Gasteiger partial charge in [-0.1, -0.05) is 18.2 Å². The number of benzene rings is 1. The highest BCUT2D eigenvalue weighted by Crippen LogP contribution is 2.41. The Hall–Kier alpha value is -2.73. The fourth-order valence-corrected chi connectivity index (χ4v) is 4.52. The van der Waals surface area contributed by atoms with Gasteiger partial charge < -0.3 is 10.1 Å². The van der Waals surface area contributed by atoms with Crippen LogP contribution in [0.4, 0.5) is 0 Å². The van der Waals surface area contributed by atoms with Gasteiger partial charge in [-0.05, 0) is 36.2 Å². The Bertz CT molecular complexity index is 1050. The molecule has 2 aliphatic rings. The third kappa shape index (κ3) is 2.17. The Balaban J connectivity index is 1.58. The van der Waals surface area contributed by atoms with E-state index in [0.29, 0.717) is 18.5 Å². The van der Waals surface area contributed by atoms with Crippen molar-refractivity contribution in [1.29, 1.82) is 0 Å². The number of nitrogens with zero attached hydrogens (tertiary/aromatic N) is 2. The van der Waals surface area contributed by atoms with E-state index in [9.17, 15) is 9.90 Å². The molecular formula is C19H20N4O2. The smallest absolute Gasteiger partial charge is 0.328 e. The topological polar surface area (TPSA) is 77.0 Å². The number of imidazole rings is 1. The van der Waals surface area contributed by atoms with Crippen LogP contribution < -0.4 is 5.69 Å². The molecule has 0 saturated carbocycles. The highest BCUT2D eigenvalue weighted by Gasteiger charge is 2.35. The SMILES string of the molecule is CN1CC(Cn2cc(O)[nH]c2=O)=C[C@@H]2c3cccc4[nH]cc(c34)C[C@H]21. The molecule has 128 valence electrons. The number of hydrogen-bond acceptors (Lipinski definition) is 3. The largest absolute Gasteiger partial charge is 0.493 e. The molecule has 0 unspecified atom stereocenters. The van der Waals surface area contributed by atoms with E-state index in [2.05, 4.69) is 52.4 Å². The maximum atomic E-state index is 11.9. The minimum atomic E-state index is -0.276.